The second-order valence-electron chi connectivity index (χ2n) is 28.8. The van der Waals surface area contributed by atoms with Crippen molar-refractivity contribution in [3.05, 3.63) is 24.3 Å². The lowest BCUT2D eigenvalue weighted by Crippen LogP contribution is -2.60. The van der Waals surface area contributed by atoms with E-state index in [1.165, 1.54) is 340 Å². The van der Waals surface area contributed by atoms with Gasteiger partial charge < -0.3 is 45.1 Å². The predicted octanol–water partition coefficient (Wildman–Crippen LogP) is 22.3. The summed E-state index contributed by atoms with van der Waals surface area (Å²) in [6, 6.07) is -0.804. The molecule has 1 amide bonds. The van der Waals surface area contributed by atoms with Gasteiger partial charge in [-0.25, -0.2) is 0 Å². The average Bonchev–Trinajstić information content (AvgIpc) is 1.20. The van der Waals surface area contributed by atoms with E-state index in [9.17, 15) is 35.1 Å². The van der Waals surface area contributed by atoms with E-state index in [-0.39, 0.29) is 18.5 Å². The standard InChI is InChI=1S/C82H157NO10/c1-3-5-7-9-11-13-15-16-42-46-50-54-58-62-66-70-78(87)91-71-67-63-59-55-51-47-44-41-39-37-35-33-31-29-27-25-23-21-19-17-18-20-22-24-26-28-30-32-34-36-38-40-43-45-49-53-57-61-65-69-77(86)83-74(73-92-82-81(90)80(89)79(88)76(72-84)93-82)75(85)68-64-60-56-52-48-14-12-10-8-6-4-2/h16,42,64,68,74-76,79-82,84-85,88-90H,3-15,17-41,43-63,65-67,69-73H2,1-2H3,(H,83,86)/b42-16-,68-64+. The Morgan fingerprint density at radius 1 is 0.387 bits per heavy atom. The molecule has 0 aromatic heterocycles. The van der Waals surface area contributed by atoms with Crippen molar-refractivity contribution in [2.45, 2.75) is 468 Å². The number of hydrogen-bond donors (Lipinski definition) is 6. The van der Waals surface area contributed by atoms with Crippen LogP contribution in [0.3, 0.4) is 0 Å². The van der Waals surface area contributed by atoms with Crippen molar-refractivity contribution < 1.29 is 49.3 Å². The van der Waals surface area contributed by atoms with Crippen molar-refractivity contribution in [1.29, 1.82) is 0 Å². The van der Waals surface area contributed by atoms with E-state index in [1.807, 2.05) is 6.08 Å². The molecule has 1 aliphatic rings. The summed E-state index contributed by atoms with van der Waals surface area (Å²) in [7, 11) is 0. The van der Waals surface area contributed by atoms with E-state index in [4.69, 9.17) is 14.2 Å². The van der Waals surface area contributed by atoms with Crippen LogP contribution in [0.2, 0.25) is 0 Å². The summed E-state index contributed by atoms with van der Waals surface area (Å²) >= 11 is 0. The molecule has 1 rings (SSSR count). The molecule has 93 heavy (non-hydrogen) atoms. The molecule has 0 radical (unpaired) electrons. The lowest BCUT2D eigenvalue weighted by atomic mass is 9.99. The lowest BCUT2D eigenvalue weighted by Gasteiger charge is -2.40. The first-order chi connectivity index (χ1) is 45.7. The smallest absolute Gasteiger partial charge is 0.305 e. The minimum Gasteiger partial charge on any atom is -0.466 e. The normalized spacial score (nSPS) is 17.5. The topological polar surface area (TPSA) is 175 Å². The van der Waals surface area contributed by atoms with Gasteiger partial charge in [0.2, 0.25) is 5.91 Å². The second-order valence-corrected chi connectivity index (χ2v) is 28.8. The van der Waals surface area contributed by atoms with Crippen LogP contribution in [0.4, 0.5) is 0 Å². The van der Waals surface area contributed by atoms with E-state index in [0.29, 0.717) is 19.4 Å². The zero-order valence-corrected chi connectivity index (χ0v) is 61.5. The maximum Gasteiger partial charge on any atom is 0.305 e. The van der Waals surface area contributed by atoms with Crippen LogP contribution < -0.4 is 5.32 Å². The highest BCUT2D eigenvalue weighted by Gasteiger charge is 2.44. The highest BCUT2D eigenvalue weighted by molar-refractivity contribution is 5.76. The largest absolute Gasteiger partial charge is 0.466 e. The fourth-order valence-corrected chi connectivity index (χ4v) is 13.4. The lowest BCUT2D eigenvalue weighted by molar-refractivity contribution is -0.302. The number of nitrogens with one attached hydrogen (secondary N) is 1. The van der Waals surface area contributed by atoms with Crippen molar-refractivity contribution in [3.63, 3.8) is 0 Å². The number of carbonyl (C=O) groups excluding carboxylic acids is 2. The van der Waals surface area contributed by atoms with E-state index in [1.54, 1.807) is 6.08 Å². The Labute approximate surface area is 575 Å². The zero-order chi connectivity index (χ0) is 67.2. The fraction of sp³-hybridized carbons (Fsp3) is 0.927. The number of esters is 1. The Bertz CT molecular complexity index is 1590. The molecule has 0 spiro atoms. The maximum absolute atomic E-state index is 13.1. The SMILES string of the molecule is CCCCCCCC/C=C\CCCCCCCC(=O)OCCCCCCCCCCCCCCCCCCCCCCCCCCCCCCCCCCCCCCCCCC(=O)NC(COC1OC(CO)C(O)C(O)C1O)C(O)/C=C/CCCCCCCCCCC. The molecule has 11 heteroatoms. The van der Waals surface area contributed by atoms with Gasteiger partial charge in [0.25, 0.3) is 0 Å². The Kier molecular flexibility index (Phi) is 68.5. The summed E-state index contributed by atoms with van der Waals surface area (Å²) in [5.74, 6) is -0.163. The number of unbranched alkanes of at least 4 members (excludes halogenated alkanes) is 58. The summed E-state index contributed by atoms with van der Waals surface area (Å²) in [5.41, 5.74) is 0. The predicted molar refractivity (Wildman–Crippen MR) is 394 cm³/mol. The van der Waals surface area contributed by atoms with Gasteiger partial charge in [-0.3, -0.25) is 9.59 Å². The number of hydrogen-bond acceptors (Lipinski definition) is 10. The zero-order valence-electron chi connectivity index (χ0n) is 61.5. The minimum absolute atomic E-state index is 0.0112. The molecular formula is C82H157NO10. The van der Waals surface area contributed by atoms with Crippen LogP contribution in [0.25, 0.3) is 0 Å². The van der Waals surface area contributed by atoms with Gasteiger partial charge in [-0.1, -0.05) is 378 Å². The molecule has 1 heterocycles. The van der Waals surface area contributed by atoms with Gasteiger partial charge >= 0.3 is 5.97 Å². The number of amides is 1. The van der Waals surface area contributed by atoms with Gasteiger partial charge in [-0.15, -0.1) is 0 Å². The Balaban J connectivity index is 1.84. The van der Waals surface area contributed by atoms with E-state index in [2.05, 4.69) is 31.3 Å². The Hall–Kier alpha value is -1.86. The summed E-state index contributed by atoms with van der Waals surface area (Å²) in [5, 5.41) is 54.5. The summed E-state index contributed by atoms with van der Waals surface area (Å²) < 4.78 is 16.8. The molecule has 0 bridgehead atoms. The van der Waals surface area contributed by atoms with E-state index < -0.39 is 49.5 Å². The van der Waals surface area contributed by atoms with Crippen LogP contribution in [0.1, 0.15) is 425 Å². The summed E-state index contributed by atoms with van der Waals surface area (Å²) in [4.78, 5) is 25.2. The first-order valence-electron chi connectivity index (χ1n) is 41.1. The average molecular weight is 1320 g/mol. The number of carbonyl (C=O) groups is 2. The quantitative estimate of drug-likeness (QED) is 0.0195. The highest BCUT2D eigenvalue weighted by Crippen LogP contribution is 2.24. The molecule has 7 atom stereocenters. The Morgan fingerprint density at radius 2 is 0.688 bits per heavy atom. The van der Waals surface area contributed by atoms with Gasteiger partial charge in [-0.2, -0.15) is 0 Å². The number of aliphatic hydroxyl groups is 5. The van der Waals surface area contributed by atoms with Gasteiger partial charge in [0.1, 0.15) is 24.4 Å². The molecule has 0 aliphatic carbocycles. The van der Waals surface area contributed by atoms with Crippen molar-refractivity contribution in [3.8, 4) is 0 Å². The van der Waals surface area contributed by atoms with Gasteiger partial charge in [0, 0.05) is 12.8 Å². The first-order valence-corrected chi connectivity index (χ1v) is 41.1. The number of aliphatic hydroxyl groups excluding tert-OH is 5. The molecule has 1 aliphatic heterocycles. The highest BCUT2D eigenvalue weighted by atomic mass is 16.7. The summed E-state index contributed by atoms with van der Waals surface area (Å²) in [6.45, 7) is 4.38. The Morgan fingerprint density at radius 3 is 1.03 bits per heavy atom. The third kappa shape index (κ3) is 59.9. The maximum atomic E-state index is 13.1. The molecule has 0 aromatic carbocycles. The van der Waals surface area contributed by atoms with Crippen molar-refractivity contribution in [2.75, 3.05) is 19.8 Å². The van der Waals surface area contributed by atoms with E-state index in [0.717, 1.165) is 57.8 Å². The first kappa shape index (κ1) is 89.2. The van der Waals surface area contributed by atoms with Crippen LogP contribution in [0, 0.1) is 0 Å². The molecule has 1 fully saturated rings. The number of allylic oxidation sites excluding steroid dienone is 3. The van der Waals surface area contributed by atoms with Crippen molar-refractivity contribution >= 4 is 11.9 Å². The third-order valence-corrected chi connectivity index (χ3v) is 19.8. The van der Waals surface area contributed by atoms with Crippen molar-refractivity contribution in [1.82, 2.24) is 5.32 Å². The number of ether oxygens (including phenoxy) is 3. The van der Waals surface area contributed by atoms with Crippen LogP contribution >= 0.6 is 0 Å². The van der Waals surface area contributed by atoms with Gasteiger partial charge in [-0.05, 0) is 57.8 Å². The second kappa shape index (κ2) is 71.4. The van der Waals surface area contributed by atoms with Crippen molar-refractivity contribution in [2.24, 2.45) is 0 Å². The van der Waals surface area contributed by atoms with Crippen LogP contribution in [-0.4, -0.2) is 100 Å². The molecule has 0 aromatic rings. The van der Waals surface area contributed by atoms with Gasteiger partial charge in [0.15, 0.2) is 6.29 Å². The van der Waals surface area contributed by atoms with Gasteiger partial charge in [0.05, 0.1) is 32.0 Å². The van der Waals surface area contributed by atoms with E-state index >= 15 is 0 Å². The number of rotatable bonds is 74. The fourth-order valence-electron chi connectivity index (χ4n) is 13.4. The van der Waals surface area contributed by atoms with Crippen LogP contribution in [0.15, 0.2) is 24.3 Å². The van der Waals surface area contributed by atoms with Crippen LogP contribution in [-0.2, 0) is 23.8 Å². The molecule has 0 saturated carbocycles. The molecular weight excluding hydrogens is 1160 g/mol. The van der Waals surface area contributed by atoms with Crippen LogP contribution in [0.5, 0.6) is 0 Å². The molecule has 11 nitrogen and oxygen atoms in total. The molecule has 7 unspecified atom stereocenters. The minimum atomic E-state index is -1.57. The molecule has 6 N–H and O–H groups in total. The third-order valence-electron chi connectivity index (χ3n) is 19.8. The summed E-state index contributed by atoms with van der Waals surface area (Å²) in [6.07, 6.45) is 82.3. The monoisotopic (exact) mass is 1320 g/mol. The molecule has 1 saturated heterocycles. The molecule has 550 valence electrons.